The highest BCUT2D eigenvalue weighted by Gasteiger charge is 2.20. The van der Waals surface area contributed by atoms with Gasteiger partial charge in [0.2, 0.25) is 10.0 Å². The van der Waals surface area contributed by atoms with Crippen LogP contribution in [0.25, 0.3) is 10.8 Å². The van der Waals surface area contributed by atoms with Crippen molar-refractivity contribution in [2.75, 3.05) is 19.4 Å². The van der Waals surface area contributed by atoms with Crippen LogP contribution in [-0.2, 0) is 16.6 Å². The third kappa shape index (κ3) is 4.27. The minimum Gasteiger partial charge on any atom is -0.321 e. The van der Waals surface area contributed by atoms with E-state index in [1.807, 2.05) is 6.92 Å². The van der Waals surface area contributed by atoms with Crippen LogP contribution in [0, 0.1) is 0 Å². The molecule has 8 nitrogen and oxygen atoms in total. The third-order valence-corrected chi connectivity index (χ3v) is 6.49. The summed E-state index contributed by atoms with van der Waals surface area (Å²) < 4.78 is 27.1. The number of nitrogens with one attached hydrogen (secondary N) is 1. The molecule has 0 unspecified atom stereocenters. The number of aryl methyl sites for hydroxylation is 1. The fourth-order valence-corrected chi connectivity index (χ4v) is 3.95. The highest BCUT2D eigenvalue weighted by Crippen LogP contribution is 2.20. The van der Waals surface area contributed by atoms with Crippen LogP contribution in [0.3, 0.4) is 0 Å². The molecular formula is C21H24N4O4S. The van der Waals surface area contributed by atoms with E-state index in [-0.39, 0.29) is 16.1 Å². The maximum atomic E-state index is 13.0. The van der Waals surface area contributed by atoms with Gasteiger partial charge in [-0.15, -0.1) is 0 Å². The second-order valence-corrected chi connectivity index (χ2v) is 9.20. The molecule has 0 bridgehead atoms. The summed E-state index contributed by atoms with van der Waals surface area (Å²) in [5.41, 5.74) is 0.192. The third-order valence-electron chi connectivity index (χ3n) is 4.68. The maximum Gasteiger partial charge on any atom is 0.276 e. The van der Waals surface area contributed by atoms with Crippen LogP contribution in [-0.4, -0.2) is 42.5 Å². The van der Waals surface area contributed by atoms with Gasteiger partial charge in [0.05, 0.1) is 10.3 Å². The summed E-state index contributed by atoms with van der Waals surface area (Å²) >= 11 is 0. The predicted molar refractivity (Wildman–Crippen MR) is 116 cm³/mol. The Balaban J connectivity index is 2.02. The molecule has 0 atom stereocenters. The predicted octanol–water partition coefficient (Wildman–Crippen LogP) is 2.70. The molecule has 1 amide bonds. The molecule has 158 valence electrons. The van der Waals surface area contributed by atoms with Gasteiger partial charge in [-0.25, -0.2) is 17.4 Å². The van der Waals surface area contributed by atoms with Gasteiger partial charge in [0.15, 0.2) is 5.69 Å². The number of amides is 1. The standard InChI is InChI=1S/C21H24N4O4S/c1-4-5-13-25-21(27)18-12-7-6-11-17(18)19(23-25)20(26)22-15-9-8-10-16(14-15)30(28,29)24(2)3/h6-12,14H,4-5,13H2,1-3H3,(H,22,26). The van der Waals surface area contributed by atoms with Crippen molar-refractivity contribution >= 4 is 32.4 Å². The zero-order chi connectivity index (χ0) is 21.9. The molecule has 0 radical (unpaired) electrons. The van der Waals surface area contributed by atoms with Crippen LogP contribution >= 0.6 is 0 Å². The van der Waals surface area contributed by atoms with Gasteiger partial charge in [-0.1, -0.05) is 37.6 Å². The van der Waals surface area contributed by atoms with Gasteiger partial charge >= 0.3 is 0 Å². The van der Waals surface area contributed by atoms with E-state index in [1.165, 1.54) is 30.9 Å². The lowest BCUT2D eigenvalue weighted by Gasteiger charge is -2.13. The van der Waals surface area contributed by atoms with E-state index in [2.05, 4.69) is 10.4 Å². The highest BCUT2D eigenvalue weighted by atomic mass is 32.2. The van der Waals surface area contributed by atoms with E-state index < -0.39 is 15.9 Å². The Kier molecular flexibility index (Phi) is 6.33. The average Bonchev–Trinajstić information content (AvgIpc) is 2.73. The van der Waals surface area contributed by atoms with E-state index in [0.29, 0.717) is 23.0 Å². The lowest BCUT2D eigenvalue weighted by atomic mass is 10.1. The smallest absolute Gasteiger partial charge is 0.276 e. The van der Waals surface area contributed by atoms with Gasteiger partial charge in [-0.2, -0.15) is 5.10 Å². The number of carbonyl (C=O) groups excluding carboxylic acids is 1. The number of benzene rings is 2. The summed E-state index contributed by atoms with van der Waals surface area (Å²) in [6, 6.07) is 12.8. The van der Waals surface area contributed by atoms with Crippen molar-refractivity contribution in [2.24, 2.45) is 0 Å². The zero-order valence-electron chi connectivity index (χ0n) is 17.1. The largest absolute Gasteiger partial charge is 0.321 e. The second kappa shape index (κ2) is 8.76. The summed E-state index contributed by atoms with van der Waals surface area (Å²) in [6.45, 7) is 2.42. The van der Waals surface area contributed by atoms with Crippen molar-refractivity contribution in [3.05, 3.63) is 64.6 Å². The molecule has 0 aliphatic carbocycles. The van der Waals surface area contributed by atoms with E-state index in [0.717, 1.165) is 17.1 Å². The number of aromatic nitrogens is 2. The summed E-state index contributed by atoms with van der Waals surface area (Å²) in [5, 5.41) is 7.87. The van der Waals surface area contributed by atoms with E-state index in [1.54, 1.807) is 36.4 Å². The Morgan fingerprint density at radius 3 is 2.47 bits per heavy atom. The first-order chi connectivity index (χ1) is 14.3. The number of nitrogens with zero attached hydrogens (tertiary/aromatic N) is 3. The van der Waals surface area contributed by atoms with Crippen molar-refractivity contribution in [1.82, 2.24) is 14.1 Å². The summed E-state index contributed by atoms with van der Waals surface area (Å²) in [5.74, 6) is -0.518. The molecule has 0 saturated heterocycles. The molecule has 0 saturated carbocycles. The number of carbonyl (C=O) groups is 1. The molecule has 0 aliphatic heterocycles. The Labute approximate surface area is 175 Å². The van der Waals surface area contributed by atoms with Crippen LogP contribution in [0.1, 0.15) is 30.3 Å². The van der Waals surface area contributed by atoms with Gasteiger partial charge < -0.3 is 5.32 Å². The summed E-state index contributed by atoms with van der Waals surface area (Å²) in [7, 11) is -0.755. The molecule has 30 heavy (non-hydrogen) atoms. The van der Waals surface area contributed by atoms with Crippen LogP contribution in [0.15, 0.2) is 58.2 Å². The molecule has 3 rings (SSSR count). The Morgan fingerprint density at radius 2 is 1.80 bits per heavy atom. The van der Waals surface area contributed by atoms with E-state index >= 15 is 0 Å². The topological polar surface area (TPSA) is 101 Å². The summed E-state index contributed by atoms with van der Waals surface area (Å²) in [6.07, 6.45) is 1.65. The average molecular weight is 429 g/mol. The minimum absolute atomic E-state index is 0.0658. The number of unbranched alkanes of at least 4 members (excludes halogenated alkanes) is 1. The molecule has 9 heteroatoms. The molecule has 3 aromatic rings. The van der Waals surface area contributed by atoms with Gasteiger partial charge in [0, 0.05) is 31.7 Å². The fourth-order valence-electron chi connectivity index (χ4n) is 3.00. The van der Waals surface area contributed by atoms with Crippen LogP contribution in [0.4, 0.5) is 5.69 Å². The molecule has 0 fully saturated rings. The maximum absolute atomic E-state index is 13.0. The van der Waals surface area contributed by atoms with Crippen molar-refractivity contribution in [3.8, 4) is 0 Å². The van der Waals surface area contributed by atoms with Crippen molar-refractivity contribution in [2.45, 2.75) is 31.2 Å². The Morgan fingerprint density at radius 1 is 1.10 bits per heavy atom. The quantitative estimate of drug-likeness (QED) is 0.623. The van der Waals surface area contributed by atoms with Gasteiger partial charge in [0.25, 0.3) is 11.5 Å². The molecule has 2 aromatic carbocycles. The molecular weight excluding hydrogens is 404 g/mol. The van der Waals surface area contributed by atoms with Crippen molar-refractivity contribution in [1.29, 1.82) is 0 Å². The molecule has 0 aliphatic rings. The van der Waals surface area contributed by atoms with E-state index in [4.69, 9.17) is 0 Å². The van der Waals surface area contributed by atoms with Gasteiger partial charge in [-0.3, -0.25) is 9.59 Å². The Hall–Kier alpha value is -3.04. The molecule has 1 heterocycles. The van der Waals surface area contributed by atoms with Crippen molar-refractivity contribution in [3.63, 3.8) is 0 Å². The van der Waals surface area contributed by atoms with Gasteiger partial charge in [-0.05, 0) is 30.7 Å². The highest BCUT2D eigenvalue weighted by molar-refractivity contribution is 7.89. The number of hydrogen-bond acceptors (Lipinski definition) is 5. The van der Waals surface area contributed by atoms with Crippen LogP contribution in [0.5, 0.6) is 0 Å². The van der Waals surface area contributed by atoms with E-state index in [9.17, 15) is 18.0 Å². The number of rotatable bonds is 7. The monoisotopic (exact) mass is 428 g/mol. The molecule has 1 aromatic heterocycles. The Bertz CT molecular complexity index is 1250. The number of sulfonamides is 1. The SMILES string of the molecule is CCCCn1nc(C(=O)Nc2cccc(S(=O)(=O)N(C)C)c2)c2ccccc2c1=O. The number of anilines is 1. The first kappa shape index (κ1) is 21.7. The number of hydrogen-bond donors (Lipinski definition) is 1. The van der Waals surface area contributed by atoms with Crippen LogP contribution < -0.4 is 10.9 Å². The lowest BCUT2D eigenvalue weighted by Crippen LogP contribution is -2.28. The first-order valence-corrected chi connectivity index (χ1v) is 11.0. The zero-order valence-corrected chi connectivity index (χ0v) is 17.9. The molecule has 1 N–H and O–H groups in total. The van der Waals surface area contributed by atoms with Crippen LogP contribution in [0.2, 0.25) is 0 Å². The normalized spacial score (nSPS) is 11.7. The fraction of sp³-hybridized carbons (Fsp3) is 0.286. The summed E-state index contributed by atoms with van der Waals surface area (Å²) in [4.78, 5) is 25.8. The first-order valence-electron chi connectivity index (χ1n) is 9.59. The van der Waals surface area contributed by atoms with Crippen molar-refractivity contribution < 1.29 is 13.2 Å². The van der Waals surface area contributed by atoms with Gasteiger partial charge in [0.1, 0.15) is 0 Å². The number of fused-ring (bicyclic) bond motifs is 1. The second-order valence-electron chi connectivity index (χ2n) is 7.05. The lowest BCUT2D eigenvalue weighted by molar-refractivity contribution is 0.102. The minimum atomic E-state index is -3.64. The molecule has 0 spiro atoms.